The Kier molecular flexibility index (Phi) is 9.10. The van der Waals surface area contributed by atoms with Crippen LogP contribution >= 0.6 is 0 Å². The number of amides is 2. The van der Waals surface area contributed by atoms with Crippen LogP contribution in [0.4, 0.5) is 4.79 Å². The second kappa shape index (κ2) is 12.2. The number of urea groups is 1. The van der Waals surface area contributed by atoms with Gasteiger partial charge in [-0.3, -0.25) is 4.98 Å². The SMILES string of the molecule is CCc1ccc(CCOc2ccc(CC(NC(=O)N(C)C3CCCCC3)C(=O)O)cc2)nc1. The highest BCUT2D eigenvalue weighted by Gasteiger charge is 2.26. The maximum atomic E-state index is 12.6. The fourth-order valence-corrected chi connectivity index (χ4v) is 4.13. The van der Waals surface area contributed by atoms with Crippen LogP contribution in [-0.4, -0.2) is 52.7 Å². The van der Waals surface area contributed by atoms with Crippen LogP contribution in [0.1, 0.15) is 55.8 Å². The molecule has 1 heterocycles. The molecule has 0 saturated heterocycles. The van der Waals surface area contributed by atoms with Gasteiger partial charge in [0.15, 0.2) is 0 Å². The Morgan fingerprint density at radius 2 is 1.82 bits per heavy atom. The van der Waals surface area contributed by atoms with Crippen molar-refractivity contribution in [2.24, 2.45) is 0 Å². The smallest absolute Gasteiger partial charge is 0.326 e. The van der Waals surface area contributed by atoms with Crippen molar-refractivity contribution in [1.29, 1.82) is 0 Å². The molecule has 0 aliphatic heterocycles. The van der Waals surface area contributed by atoms with Crippen LogP contribution in [0.2, 0.25) is 0 Å². The van der Waals surface area contributed by atoms with Gasteiger partial charge >= 0.3 is 12.0 Å². The molecule has 33 heavy (non-hydrogen) atoms. The third-order valence-electron chi connectivity index (χ3n) is 6.32. The van der Waals surface area contributed by atoms with Gasteiger partial charge in [-0.2, -0.15) is 0 Å². The van der Waals surface area contributed by atoms with Gasteiger partial charge in [0.1, 0.15) is 11.8 Å². The molecule has 2 aromatic rings. The number of benzene rings is 1. The summed E-state index contributed by atoms with van der Waals surface area (Å²) in [6.07, 6.45) is 9.18. The first kappa shape index (κ1) is 24.6. The van der Waals surface area contributed by atoms with E-state index in [1.54, 1.807) is 11.9 Å². The summed E-state index contributed by atoms with van der Waals surface area (Å²) in [5.74, 6) is -0.320. The zero-order valence-electron chi connectivity index (χ0n) is 19.6. The van der Waals surface area contributed by atoms with Gasteiger partial charge in [0.05, 0.1) is 6.61 Å². The number of rotatable bonds is 10. The number of carboxylic acid groups (broad SMARTS) is 1. The summed E-state index contributed by atoms with van der Waals surface area (Å²) >= 11 is 0. The van der Waals surface area contributed by atoms with Crippen LogP contribution in [0.3, 0.4) is 0 Å². The molecule has 1 aromatic heterocycles. The van der Waals surface area contributed by atoms with Crippen LogP contribution in [0.5, 0.6) is 5.75 Å². The summed E-state index contributed by atoms with van der Waals surface area (Å²) < 4.78 is 5.80. The number of pyridine rings is 1. The zero-order valence-corrected chi connectivity index (χ0v) is 19.6. The van der Waals surface area contributed by atoms with Crippen molar-refractivity contribution in [1.82, 2.24) is 15.2 Å². The number of hydrogen-bond donors (Lipinski definition) is 2. The highest BCUT2D eigenvalue weighted by molar-refractivity contribution is 5.82. The molecule has 1 saturated carbocycles. The van der Waals surface area contributed by atoms with Gasteiger partial charge in [-0.25, -0.2) is 9.59 Å². The van der Waals surface area contributed by atoms with Gasteiger partial charge in [-0.05, 0) is 48.6 Å². The van der Waals surface area contributed by atoms with E-state index < -0.39 is 12.0 Å². The van der Waals surface area contributed by atoms with Crippen LogP contribution in [-0.2, 0) is 24.1 Å². The predicted molar refractivity (Wildman–Crippen MR) is 128 cm³/mol. The largest absolute Gasteiger partial charge is 0.493 e. The lowest BCUT2D eigenvalue weighted by Gasteiger charge is -2.32. The molecular formula is C26H35N3O4. The Morgan fingerprint density at radius 3 is 2.42 bits per heavy atom. The average Bonchev–Trinajstić information content (AvgIpc) is 2.85. The molecule has 1 aliphatic rings. The molecule has 0 spiro atoms. The van der Waals surface area contributed by atoms with Crippen molar-refractivity contribution in [2.45, 2.75) is 70.4 Å². The van der Waals surface area contributed by atoms with Gasteiger partial charge in [0.25, 0.3) is 0 Å². The fourth-order valence-electron chi connectivity index (χ4n) is 4.13. The number of carboxylic acids is 1. The molecule has 0 bridgehead atoms. The standard InChI is InChI=1S/C26H35N3O4/c1-3-19-9-12-21(27-18-19)15-16-33-23-13-10-20(11-14-23)17-24(25(30)31)28-26(32)29(2)22-7-5-4-6-8-22/h9-14,18,22,24H,3-8,15-17H2,1-2H3,(H,28,32)(H,30,31). The van der Waals surface area contributed by atoms with E-state index in [1.165, 1.54) is 12.0 Å². The third kappa shape index (κ3) is 7.48. The maximum Gasteiger partial charge on any atom is 0.326 e. The summed E-state index contributed by atoms with van der Waals surface area (Å²) in [6.45, 7) is 2.62. The highest BCUT2D eigenvalue weighted by Crippen LogP contribution is 2.22. The Balaban J connectivity index is 1.48. The summed E-state index contributed by atoms with van der Waals surface area (Å²) in [7, 11) is 1.75. The van der Waals surface area contributed by atoms with E-state index in [0.717, 1.165) is 49.1 Å². The number of ether oxygens (including phenoxy) is 1. The van der Waals surface area contributed by atoms with Gasteiger partial charge in [0, 0.05) is 37.8 Å². The molecule has 7 nitrogen and oxygen atoms in total. The molecule has 1 fully saturated rings. The molecular weight excluding hydrogens is 418 g/mol. The summed E-state index contributed by atoms with van der Waals surface area (Å²) in [5, 5.41) is 12.3. The van der Waals surface area contributed by atoms with Gasteiger partial charge in [-0.15, -0.1) is 0 Å². The van der Waals surface area contributed by atoms with Crippen LogP contribution in [0.25, 0.3) is 0 Å². The number of hydrogen-bond acceptors (Lipinski definition) is 4. The van der Waals surface area contributed by atoms with Crippen molar-refractivity contribution in [3.63, 3.8) is 0 Å². The molecule has 1 atom stereocenters. The second-order valence-electron chi connectivity index (χ2n) is 8.70. The lowest BCUT2D eigenvalue weighted by molar-refractivity contribution is -0.139. The Labute approximate surface area is 196 Å². The first-order valence-electron chi connectivity index (χ1n) is 11.9. The Hall–Kier alpha value is -3.09. The van der Waals surface area contributed by atoms with Crippen LogP contribution in [0, 0.1) is 0 Å². The normalized spacial score (nSPS) is 15.0. The number of aromatic nitrogens is 1. The van der Waals surface area contributed by atoms with Crippen molar-refractivity contribution in [3.05, 3.63) is 59.4 Å². The molecule has 1 unspecified atom stereocenters. The third-order valence-corrected chi connectivity index (χ3v) is 6.32. The van der Waals surface area contributed by atoms with Gasteiger partial charge in [-0.1, -0.05) is 44.4 Å². The molecule has 3 rings (SSSR count). The number of nitrogens with zero attached hydrogens (tertiary/aromatic N) is 2. The molecule has 2 amide bonds. The summed E-state index contributed by atoms with van der Waals surface area (Å²) in [4.78, 5) is 30.5. The molecule has 0 radical (unpaired) electrons. The molecule has 1 aliphatic carbocycles. The number of nitrogens with one attached hydrogen (secondary N) is 1. The first-order valence-corrected chi connectivity index (χ1v) is 11.9. The molecule has 178 valence electrons. The minimum atomic E-state index is -1.04. The Morgan fingerprint density at radius 1 is 1.12 bits per heavy atom. The highest BCUT2D eigenvalue weighted by atomic mass is 16.5. The summed E-state index contributed by atoms with van der Waals surface area (Å²) in [6, 6.07) is 10.3. The minimum Gasteiger partial charge on any atom is -0.493 e. The number of carbonyl (C=O) groups excluding carboxylic acids is 1. The average molecular weight is 454 g/mol. The number of aryl methyl sites for hydroxylation is 1. The van der Waals surface area contributed by atoms with E-state index >= 15 is 0 Å². The van der Waals surface area contributed by atoms with E-state index in [0.29, 0.717) is 13.0 Å². The van der Waals surface area contributed by atoms with E-state index in [4.69, 9.17) is 4.74 Å². The van der Waals surface area contributed by atoms with E-state index in [2.05, 4.69) is 23.3 Å². The zero-order chi connectivity index (χ0) is 23.6. The second-order valence-corrected chi connectivity index (χ2v) is 8.70. The van der Waals surface area contributed by atoms with E-state index in [1.807, 2.05) is 36.5 Å². The first-order chi connectivity index (χ1) is 16.0. The van der Waals surface area contributed by atoms with Gasteiger partial charge in [0.2, 0.25) is 0 Å². The molecule has 2 N–H and O–H groups in total. The lowest BCUT2D eigenvalue weighted by Crippen LogP contribution is -2.50. The van der Waals surface area contributed by atoms with Crippen LogP contribution < -0.4 is 10.1 Å². The number of carbonyl (C=O) groups is 2. The number of aliphatic carboxylic acids is 1. The quantitative estimate of drug-likeness (QED) is 0.562. The minimum absolute atomic E-state index is 0.185. The van der Waals surface area contributed by atoms with Crippen molar-refractivity contribution in [2.75, 3.05) is 13.7 Å². The Bertz CT molecular complexity index is 893. The van der Waals surface area contributed by atoms with Crippen molar-refractivity contribution >= 4 is 12.0 Å². The molecule has 7 heteroatoms. The van der Waals surface area contributed by atoms with Crippen molar-refractivity contribution < 1.29 is 19.4 Å². The van der Waals surface area contributed by atoms with E-state index in [-0.39, 0.29) is 18.5 Å². The maximum absolute atomic E-state index is 12.6. The monoisotopic (exact) mass is 453 g/mol. The van der Waals surface area contributed by atoms with Gasteiger partial charge < -0.3 is 20.1 Å². The predicted octanol–water partition coefficient (Wildman–Crippen LogP) is 4.24. The van der Waals surface area contributed by atoms with Crippen LogP contribution in [0.15, 0.2) is 42.6 Å². The topological polar surface area (TPSA) is 91.8 Å². The molecule has 1 aromatic carbocycles. The lowest BCUT2D eigenvalue weighted by atomic mass is 9.95. The van der Waals surface area contributed by atoms with E-state index in [9.17, 15) is 14.7 Å². The summed E-state index contributed by atoms with van der Waals surface area (Å²) in [5.41, 5.74) is 3.03. The fraction of sp³-hybridized carbons (Fsp3) is 0.500. The van der Waals surface area contributed by atoms with Crippen molar-refractivity contribution in [3.8, 4) is 5.75 Å².